The summed E-state index contributed by atoms with van der Waals surface area (Å²) in [5, 5.41) is 11.6. The number of carbonyl (C=O) groups is 1. The number of aliphatic imine (C=N–C) groups is 1. The Morgan fingerprint density at radius 2 is 0.784 bits per heavy atom. The van der Waals surface area contributed by atoms with Gasteiger partial charge in [-0.15, -0.1) is 12.4 Å². The number of aliphatic carboxylic acids is 1. The molecule has 6 aromatic carbocycles. The molecule has 6 aromatic rings. The zero-order valence-electron chi connectivity index (χ0n) is 28.3. The molecule has 0 aliphatic carbocycles. The van der Waals surface area contributed by atoms with Gasteiger partial charge >= 0.3 is 5.97 Å². The highest BCUT2D eigenvalue weighted by Gasteiger charge is 2.58. The molecule has 0 radical (unpaired) electrons. The third kappa shape index (κ3) is 7.15. The zero-order chi connectivity index (χ0) is 34.8. The van der Waals surface area contributed by atoms with Gasteiger partial charge < -0.3 is 16.6 Å². The third-order valence-electron chi connectivity index (χ3n) is 9.40. The van der Waals surface area contributed by atoms with Gasteiger partial charge in [0.05, 0.1) is 11.1 Å². The number of carboxylic acids is 1. The van der Waals surface area contributed by atoms with Gasteiger partial charge in [0.2, 0.25) is 0 Å². The predicted octanol–water partition coefficient (Wildman–Crippen LogP) is 8.20. The van der Waals surface area contributed by atoms with Crippen molar-refractivity contribution in [3.63, 3.8) is 0 Å². The van der Waals surface area contributed by atoms with Crippen LogP contribution in [0.3, 0.4) is 0 Å². The molecular weight excluding hydrogens is 652 g/mol. The van der Waals surface area contributed by atoms with Crippen LogP contribution in [0.5, 0.6) is 0 Å². The molecule has 1 unspecified atom stereocenters. The Kier molecular flexibility index (Phi) is 12.1. The molecule has 6 nitrogen and oxygen atoms in total. The standard InChI is InChI=1S/C44H42N4O2.ClH/c45-42(46)47-33-19-32-40(41(49)50)48(43(34-20-7-1-8-21-34,35-22-9-2-10-23-35)36-24-11-3-12-25-36)44(37-26-13-4-14-27-37,38-28-15-5-16-29-38)39-30-17-6-18-31-39;/h1-18,20-31,40H,19,32-33H2,(H,49,50)(H4,45,46,47);1H. The largest absolute Gasteiger partial charge is 0.480 e. The minimum Gasteiger partial charge on any atom is -0.480 e. The fraction of sp³-hybridized carbons (Fsp3) is 0.136. The summed E-state index contributed by atoms with van der Waals surface area (Å²) in [6.07, 6.45) is 0.697. The monoisotopic (exact) mass is 694 g/mol. The average Bonchev–Trinajstić information content (AvgIpc) is 3.17. The molecule has 0 bridgehead atoms. The highest BCUT2D eigenvalue weighted by molar-refractivity contribution is 5.85. The van der Waals surface area contributed by atoms with Crippen molar-refractivity contribution in [3.8, 4) is 0 Å². The molecule has 6 rings (SSSR count). The van der Waals surface area contributed by atoms with E-state index in [-0.39, 0.29) is 24.8 Å². The summed E-state index contributed by atoms with van der Waals surface area (Å²) in [5.41, 5.74) is 14.7. The summed E-state index contributed by atoms with van der Waals surface area (Å²) in [7, 11) is 0. The second-order valence-corrected chi connectivity index (χ2v) is 12.3. The zero-order valence-corrected chi connectivity index (χ0v) is 29.1. The Hall–Kier alpha value is -5.69. The molecule has 5 N–H and O–H groups in total. The smallest absolute Gasteiger partial charge is 0.321 e. The Bertz CT molecular complexity index is 1650. The van der Waals surface area contributed by atoms with Crippen LogP contribution in [0, 0.1) is 0 Å². The van der Waals surface area contributed by atoms with E-state index in [9.17, 15) is 9.90 Å². The first kappa shape index (κ1) is 36.6. The molecule has 0 aliphatic heterocycles. The molecule has 1 atom stereocenters. The molecule has 0 aromatic heterocycles. The van der Waals surface area contributed by atoms with Gasteiger partial charge in [0.15, 0.2) is 5.96 Å². The molecule has 0 spiro atoms. The van der Waals surface area contributed by atoms with Crippen LogP contribution in [0.1, 0.15) is 46.2 Å². The number of benzene rings is 6. The lowest BCUT2D eigenvalue weighted by atomic mass is 9.66. The molecule has 0 amide bonds. The van der Waals surface area contributed by atoms with Crippen molar-refractivity contribution in [2.75, 3.05) is 6.54 Å². The van der Waals surface area contributed by atoms with Crippen molar-refractivity contribution < 1.29 is 9.90 Å². The van der Waals surface area contributed by atoms with Gasteiger partial charge in [-0.25, -0.2) is 0 Å². The summed E-state index contributed by atoms with van der Waals surface area (Å²) in [4.78, 5) is 20.7. The number of nitrogens with zero attached hydrogens (tertiary/aromatic N) is 2. The summed E-state index contributed by atoms with van der Waals surface area (Å²) >= 11 is 0. The van der Waals surface area contributed by atoms with E-state index in [4.69, 9.17) is 11.5 Å². The SMILES string of the molecule is Cl.NC(N)=NCCCC(C(=O)O)N(C(c1ccccc1)(c1ccccc1)c1ccccc1)C(c1ccccc1)(c1ccccc1)c1ccccc1. The summed E-state index contributed by atoms with van der Waals surface area (Å²) in [6, 6.07) is 60.5. The second kappa shape index (κ2) is 16.8. The Balaban J connectivity index is 0.00000504. The van der Waals surface area contributed by atoms with Gasteiger partial charge in [-0.1, -0.05) is 182 Å². The minimum absolute atomic E-state index is 0. The lowest BCUT2D eigenvalue weighted by Gasteiger charge is -2.58. The molecular formula is C44H43ClN4O2. The van der Waals surface area contributed by atoms with E-state index in [1.54, 1.807) is 0 Å². The molecule has 0 fully saturated rings. The van der Waals surface area contributed by atoms with Gasteiger partial charge in [0.1, 0.15) is 6.04 Å². The van der Waals surface area contributed by atoms with Crippen molar-refractivity contribution >= 4 is 24.3 Å². The second-order valence-electron chi connectivity index (χ2n) is 12.3. The fourth-order valence-electron chi connectivity index (χ4n) is 7.49. The Morgan fingerprint density at radius 1 is 0.529 bits per heavy atom. The number of carboxylic acid groups (broad SMARTS) is 1. The number of nitrogens with two attached hydrogens (primary N) is 2. The van der Waals surface area contributed by atoms with Crippen molar-refractivity contribution in [1.82, 2.24) is 4.90 Å². The lowest BCUT2D eigenvalue weighted by molar-refractivity contribution is -0.149. The van der Waals surface area contributed by atoms with E-state index in [2.05, 4.69) is 82.7 Å². The molecule has 51 heavy (non-hydrogen) atoms. The average molecular weight is 695 g/mol. The summed E-state index contributed by atoms with van der Waals surface area (Å²) in [5.74, 6) is -0.970. The maximum Gasteiger partial charge on any atom is 0.321 e. The van der Waals surface area contributed by atoms with E-state index in [1.165, 1.54) is 0 Å². The lowest BCUT2D eigenvalue weighted by Crippen LogP contribution is -2.65. The van der Waals surface area contributed by atoms with Crippen molar-refractivity contribution in [2.24, 2.45) is 16.5 Å². The first-order valence-electron chi connectivity index (χ1n) is 16.9. The van der Waals surface area contributed by atoms with E-state index >= 15 is 0 Å². The van der Waals surface area contributed by atoms with Gasteiger partial charge in [-0.2, -0.15) is 0 Å². The minimum atomic E-state index is -1.15. The number of hydrogen-bond acceptors (Lipinski definition) is 3. The van der Waals surface area contributed by atoms with E-state index in [0.29, 0.717) is 13.0 Å². The maximum absolute atomic E-state index is 14.2. The van der Waals surface area contributed by atoms with Gasteiger partial charge in [-0.05, 0) is 46.2 Å². The molecule has 0 heterocycles. The maximum atomic E-state index is 14.2. The fourth-order valence-corrected chi connectivity index (χ4v) is 7.49. The van der Waals surface area contributed by atoms with Crippen LogP contribution in [-0.2, 0) is 15.9 Å². The van der Waals surface area contributed by atoms with Crippen molar-refractivity contribution in [2.45, 2.75) is 30.0 Å². The van der Waals surface area contributed by atoms with Crippen LogP contribution < -0.4 is 11.5 Å². The summed E-state index contributed by atoms with van der Waals surface area (Å²) in [6.45, 7) is 0.296. The quantitative estimate of drug-likeness (QED) is 0.0462. The first-order valence-corrected chi connectivity index (χ1v) is 16.9. The van der Waals surface area contributed by atoms with Crippen LogP contribution in [0.2, 0.25) is 0 Å². The molecule has 0 saturated carbocycles. The van der Waals surface area contributed by atoms with Crippen molar-refractivity contribution in [3.05, 3.63) is 215 Å². The van der Waals surface area contributed by atoms with E-state index in [0.717, 1.165) is 33.4 Å². The van der Waals surface area contributed by atoms with Crippen molar-refractivity contribution in [1.29, 1.82) is 0 Å². The number of rotatable bonds is 14. The first-order chi connectivity index (χ1) is 24.5. The van der Waals surface area contributed by atoms with E-state index < -0.39 is 23.1 Å². The predicted molar refractivity (Wildman–Crippen MR) is 209 cm³/mol. The van der Waals surface area contributed by atoms with Crippen LogP contribution in [0.15, 0.2) is 187 Å². The molecule has 258 valence electrons. The number of guanidine groups is 1. The Labute approximate surface area is 306 Å². The van der Waals surface area contributed by atoms with Crippen LogP contribution in [-0.4, -0.2) is 34.5 Å². The molecule has 0 saturated heterocycles. The van der Waals surface area contributed by atoms with Crippen LogP contribution >= 0.6 is 12.4 Å². The highest BCUT2D eigenvalue weighted by atomic mass is 35.5. The summed E-state index contributed by atoms with van der Waals surface area (Å²) < 4.78 is 0. The van der Waals surface area contributed by atoms with Crippen LogP contribution in [0.4, 0.5) is 0 Å². The Morgan fingerprint density at radius 3 is 1.00 bits per heavy atom. The number of hydrogen-bond donors (Lipinski definition) is 3. The van der Waals surface area contributed by atoms with Gasteiger partial charge in [0.25, 0.3) is 0 Å². The van der Waals surface area contributed by atoms with Gasteiger partial charge in [0, 0.05) is 6.54 Å². The number of halogens is 1. The van der Waals surface area contributed by atoms with Crippen LogP contribution in [0.25, 0.3) is 0 Å². The molecule has 0 aliphatic rings. The van der Waals surface area contributed by atoms with Gasteiger partial charge in [-0.3, -0.25) is 14.7 Å². The molecule has 7 heteroatoms. The highest BCUT2D eigenvalue weighted by Crippen LogP contribution is 2.55. The topological polar surface area (TPSA) is 105 Å². The normalized spacial score (nSPS) is 12.0. The van der Waals surface area contributed by atoms with E-state index in [1.807, 2.05) is 109 Å². The third-order valence-corrected chi connectivity index (χ3v) is 9.40.